The van der Waals surface area contributed by atoms with E-state index in [0.717, 1.165) is 10.9 Å². The smallest absolute Gasteiger partial charge is 0.268 e. The lowest BCUT2D eigenvalue weighted by Crippen LogP contribution is -2.30. The molecule has 0 aliphatic carbocycles. The van der Waals surface area contributed by atoms with Crippen LogP contribution in [0.4, 0.5) is 0 Å². The summed E-state index contributed by atoms with van der Waals surface area (Å²) in [5, 5.41) is 1.15. The molecule has 0 unspecified atom stereocenters. The van der Waals surface area contributed by atoms with Crippen LogP contribution in [0, 0.1) is 0 Å². The Morgan fingerprint density at radius 3 is 2.95 bits per heavy atom. The maximum absolute atomic E-state index is 11.6. The molecule has 5 heteroatoms. The number of hydrazine groups is 1. The first-order chi connectivity index (χ1) is 9.29. The average Bonchev–Trinajstić information content (AvgIpc) is 3.06. The number of fused-ring (bicyclic) bond motifs is 1. The average molecular weight is 255 g/mol. The van der Waals surface area contributed by atoms with Crippen LogP contribution in [-0.4, -0.2) is 10.5 Å². The van der Waals surface area contributed by atoms with E-state index < -0.39 is 0 Å². The Hall–Kier alpha value is -2.53. The Balaban J connectivity index is 1.98. The Morgan fingerprint density at radius 1 is 1.26 bits per heavy atom. The van der Waals surface area contributed by atoms with Gasteiger partial charge in [0.2, 0.25) is 0 Å². The van der Waals surface area contributed by atoms with Crippen LogP contribution in [0.1, 0.15) is 16.1 Å². The number of furan rings is 1. The number of carbonyl (C=O) groups is 1. The van der Waals surface area contributed by atoms with Crippen LogP contribution in [0.25, 0.3) is 10.9 Å². The van der Waals surface area contributed by atoms with E-state index in [1.165, 1.54) is 6.26 Å². The van der Waals surface area contributed by atoms with Gasteiger partial charge in [0.15, 0.2) is 0 Å². The van der Waals surface area contributed by atoms with Crippen molar-refractivity contribution < 1.29 is 9.21 Å². The molecule has 0 aliphatic heterocycles. The van der Waals surface area contributed by atoms with Crippen molar-refractivity contribution in [3.63, 3.8) is 0 Å². The van der Waals surface area contributed by atoms with E-state index in [9.17, 15) is 4.79 Å². The molecule has 0 spiro atoms. The van der Waals surface area contributed by atoms with Crippen molar-refractivity contribution in [2.45, 2.75) is 6.54 Å². The minimum Gasteiger partial charge on any atom is -0.467 e. The molecular weight excluding hydrogens is 242 g/mol. The molecule has 0 aliphatic rings. The third-order valence-electron chi connectivity index (χ3n) is 3.12. The molecule has 2 aromatic heterocycles. The summed E-state index contributed by atoms with van der Waals surface area (Å²) < 4.78 is 7.40. The zero-order valence-corrected chi connectivity index (χ0v) is 10.2. The number of aromatic nitrogens is 1. The molecule has 0 saturated heterocycles. The maximum Gasteiger partial charge on any atom is 0.268 e. The van der Waals surface area contributed by atoms with Gasteiger partial charge in [-0.05, 0) is 23.6 Å². The quantitative estimate of drug-likeness (QED) is 0.426. The fourth-order valence-corrected chi connectivity index (χ4v) is 2.18. The van der Waals surface area contributed by atoms with Crippen LogP contribution in [-0.2, 0) is 6.54 Å². The lowest BCUT2D eigenvalue weighted by atomic mass is 10.2. The first kappa shape index (κ1) is 11.6. The van der Waals surface area contributed by atoms with Gasteiger partial charge in [-0.3, -0.25) is 10.2 Å². The van der Waals surface area contributed by atoms with E-state index in [1.807, 2.05) is 41.1 Å². The highest BCUT2D eigenvalue weighted by atomic mass is 16.3. The number of nitrogens with two attached hydrogens (primary N) is 1. The van der Waals surface area contributed by atoms with Crippen molar-refractivity contribution in [1.29, 1.82) is 0 Å². The molecular formula is C14H13N3O2. The van der Waals surface area contributed by atoms with Gasteiger partial charge in [-0.2, -0.15) is 0 Å². The predicted molar refractivity (Wildman–Crippen MR) is 71.4 cm³/mol. The number of nitrogens with one attached hydrogen (secondary N) is 1. The molecule has 96 valence electrons. The molecule has 1 amide bonds. The van der Waals surface area contributed by atoms with Crippen LogP contribution in [0.5, 0.6) is 0 Å². The Bertz CT molecular complexity index is 727. The molecule has 3 rings (SSSR count). The number of nitrogens with zero attached hydrogens (tertiary/aromatic N) is 1. The fraction of sp³-hybridized carbons (Fsp3) is 0.0714. The number of hydrogen-bond acceptors (Lipinski definition) is 3. The second-order valence-corrected chi connectivity index (χ2v) is 4.23. The summed E-state index contributed by atoms with van der Waals surface area (Å²) in [7, 11) is 0. The van der Waals surface area contributed by atoms with Crippen LogP contribution in [0.2, 0.25) is 0 Å². The number of nitrogen functional groups attached to an aromatic ring is 1. The van der Waals surface area contributed by atoms with Gasteiger partial charge in [-0.15, -0.1) is 0 Å². The highest BCUT2D eigenvalue weighted by molar-refractivity contribution is 5.94. The largest absolute Gasteiger partial charge is 0.467 e. The summed E-state index contributed by atoms with van der Waals surface area (Å²) >= 11 is 0. The zero-order valence-electron chi connectivity index (χ0n) is 10.2. The molecule has 0 bridgehead atoms. The van der Waals surface area contributed by atoms with Crippen molar-refractivity contribution in [3.05, 3.63) is 60.2 Å². The Morgan fingerprint density at radius 2 is 2.11 bits per heavy atom. The SMILES string of the molecule is NNC(=O)c1ccoc1Cn1ccc2ccccc21. The number of hydrogen-bond donors (Lipinski definition) is 2. The van der Waals surface area contributed by atoms with Crippen molar-refractivity contribution in [2.24, 2.45) is 5.84 Å². The molecule has 3 N–H and O–H groups in total. The third-order valence-corrected chi connectivity index (χ3v) is 3.12. The van der Waals surface area contributed by atoms with Gasteiger partial charge in [0.05, 0.1) is 18.4 Å². The van der Waals surface area contributed by atoms with Crippen LogP contribution in [0.3, 0.4) is 0 Å². The van der Waals surface area contributed by atoms with E-state index in [2.05, 4.69) is 5.43 Å². The van der Waals surface area contributed by atoms with Crippen molar-refractivity contribution in [3.8, 4) is 0 Å². The summed E-state index contributed by atoms with van der Waals surface area (Å²) in [5.41, 5.74) is 3.67. The van der Waals surface area contributed by atoms with Crippen molar-refractivity contribution >= 4 is 16.8 Å². The van der Waals surface area contributed by atoms with E-state index in [4.69, 9.17) is 10.3 Å². The zero-order chi connectivity index (χ0) is 13.2. The number of benzene rings is 1. The molecule has 2 heterocycles. The summed E-state index contributed by atoms with van der Waals surface area (Å²) in [5.74, 6) is 5.39. The fourth-order valence-electron chi connectivity index (χ4n) is 2.18. The van der Waals surface area contributed by atoms with Crippen LogP contribution >= 0.6 is 0 Å². The van der Waals surface area contributed by atoms with Gasteiger partial charge in [-0.25, -0.2) is 5.84 Å². The molecule has 19 heavy (non-hydrogen) atoms. The third kappa shape index (κ3) is 2.00. The molecule has 5 nitrogen and oxygen atoms in total. The van der Waals surface area contributed by atoms with Gasteiger partial charge >= 0.3 is 0 Å². The van der Waals surface area contributed by atoms with E-state index in [0.29, 0.717) is 17.9 Å². The predicted octanol–water partition coefficient (Wildman–Crippen LogP) is 1.89. The number of carbonyl (C=O) groups excluding carboxylic acids is 1. The van der Waals surface area contributed by atoms with Gasteiger partial charge in [0.1, 0.15) is 5.76 Å². The molecule has 0 fully saturated rings. The summed E-state index contributed by atoms with van der Waals surface area (Å²) in [4.78, 5) is 11.6. The minimum absolute atomic E-state index is 0.347. The monoisotopic (exact) mass is 255 g/mol. The highest BCUT2D eigenvalue weighted by Crippen LogP contribution is 2.19. The minimum atomic E-state index is -0.347. The maximum atomic E-state index is 11.6. The molecule has 1 aromatic carbocycles. The molecule has 0 saturated carbocycles. The Kier molecular flexibility index (Phi) is 2.81. The normalized spacial score (nSPS) is 10.8. The van der Waals surface area contributed by atoms with Crippen LogP contribution in [0.15, 0.2) is 53.3 Å². The number of para-hydroxylation sites is 1. The summed E-state index contributed by atoms with van der Waals surface area (Å²) in [6.07, 6.45) is 3.46. The van der Waals surface area contributed by atoms with Gasteiger partial charge in [-0.1, -0.05) is 18.2 Å². The topological polar surface area (TPSA) is 73.2 Å². The number of rotatable bonds is 3. The van der Waals surface area contributed by atoms with E-state index in [-0.39, 0.29) is 5.91 Å². The van der Waals surface area contributed by atoms with Gasteiger partial charge in [0, 0.05) is 11.7 Å². The van der Waals surface area contributed by atoms with E-state index >= 15 is 0 Å². The number of amides is 1. The van der Waals surface area contributed by atoms with Crippen molar-refractivity contribution in [2.75, 3.05) is 0 Å². The van der Waals surface area contributed by atoms with Crippen LogP contribution < -0.4 is 11.3 Å². The second kappa shape index (κ2) is 4.62. The molecule has 0 radical (unpaired) electrons. The molecule has 0 atom stereocenters. The Labute approximate surface area is 109 Å². The lowest BCUT2D eigenvalue weighted by Gasteiger charge is -2.05. The lowest BCUT2D eigenvalue weighted by molar-refractivity contribution is 0.0951. The van der Waals surface area contributed by atoms with Gasteiger partial charge < -0.3 is 8.98 Å². The highest BCUT2D eigenvalue weighted by Gasteiger charge is 2.14. The standard InChI is InChI=1S/C14H13N3O2/c15-16-14(18)11-6-8-19-13(11)9-17-7-5-10-3-1-2-4-12(10)17/h1-8H,9,15H2,(H,16,18). The first-order valence-corrected chi connectivity index (χ1v) is 5.91. The van der Waals surface area contributed by atoms with Gasteiger partial charge in [0.25, 0.3) is 5.91 Å². The van der Waals surface area contributed by atoms with E-state index in [1.54, 1.807) is 6.07 Å². The molecule has 3 aromatic rings. The second-order valence-electron chi connectivity index (χ2n) is 4.23. The summed E-state index contributed by atoms with van der Waals surface area (Å²) in [6.45, 7) is 0.489. The summed E-state index contributed by atoms with van der Waals surface area (Å²) in [6, 6.07) is 11.7. The van der Waals surface area contributed by atoms with Crippen molar-refractivity contribution in [1.82, 2.24) is 9.99 Å². The first-order valence-electron chi connectivity index (χ1n) is 5.91.